The van der Waals surface area contributed by atoms with Gasteiger partial charge in [0.1, 0.15) is 0 Å². The van der Waals surface area contributed by atoms with Crippen LogP contribution in [0.15, 0.2) is 0 Å². The zero-order valence-electron chi connectivity index (χ0n) is 20.5. The van der Waals surface area contributed by atoms with E-state index in [-0.39, 0.29) is 5.97 Å². The maximum atomic E-state index is 11.7. The van der Waals surface area contributed by atoms with Crippen LogP contribution in [-0.4, -0.2) is 65.9 Å². The normalized spacial score (nSPS) is 11.2. The van der Waals surface area contributed by atoms with Crippen molar-refractivity contribution in [3.05, 3.63) is 0 Å². The highest BCUT2D eigenvalue weighted by molar-refractivity contribution is 5.69. The van der Waals surface area contributed by atoms with Gasteiger partial charge in [-0.25, -0.2) is 0 Å². The van der Waals surface area contributed by atoms with Gasteiger partial charge in [0.2, 0.25) is 0 Å². The number of carbonyl (C=O) groups is 1. The summed E-state index contributed by atoms with van der Waals surface area (Å²) in [5.74, 6) is -0.115. The van der Waals surface area contributed by atoms with Crippen LogP contribution in [0.25, 0.3) is 0 Å². The van der Waals surface area contributed by atoms with E-state index in [9.17, 15) is 4.79 Å². The molecule has 6 nitrogen and oxygen atoms in total. The number of unbranched alkanes of at least 4 members (excludes halogenated alkanes) is 11. The van der Waals surface area contributed by atoms with Crippen molar-refractivity contribution in [2.45, 2.75) is 96.8 Å². The fourth-order valence-electron chi connectivity index (χ4n) is 3.20. The van der Waals surface area contributed by atoms with Crippen molar-refractivity contribution in [1.29, 1.82) is 0 Å². The summed E-state index contributed by atoms with van der Waals surface area (Å²) in [5, 5.41) is 0. The molecule has 0 aliphatic carbocycles. The van der Waals surface area contributed by atoms with Crippen LogP contribution in [0.2, 0.25) is 0 Å². The Morgan fingerprint density at radius 3 is 1.48 bits per heavy atom. The van der Waals surface area contributed by atoms with E-state index in [2.05, 4.69) is 6.92 Å². The maximum Gasteiger partial charge on any atom is 0.305 e. The molecule has 0 aromatic heterocycles. The molecule has 0 bridgehead atoms. The summed E-state index contributed by atoms with van der Waals surface area (Å²) in [6.45, 7) is 6.76. The molecule has 0 fully saturated rings. The van der Waals surface area contributed by atoms with E-state index in [4.69, 9.17) is 23.7 Å². The average molecular weight is 447 g/mol. The van der Waals surface area contributed by atoms with E-state index >= 15 is 0 Å². The second-order valence-electron chi connectivity index (χ2n) is 8.04. The van der Waals surface area contributed by atoms with Crippen molar-refractivity contribution in [3.63, 3.8) is 0 Å². The number of esters is 1. The molecule has 0 amide bonds. The Kier molecular flexibility index (Phi) is 26.7. The first-order chi connectivity index (χ1) is 15.3. The van der Waals surface area contributed by atoms with Gasteiger partial charge in [0.15, 0.2) is 0 Å². The molecule has 0 atom stereocenters. The van der Waals surface area contributed by atoms with Crippen LogP contribution < -0.4 is 0 Å². The first-order valence-corrected chi connectivity index (χ1v) is 12.7. The summed E-state index contributed by atoms with van der Waals surface area (Å²) in [5.41, 5.74) is 0. The van der Waals surface area contributed by atoms with Gasteiger partial charge in [-0.3, -0.25) is 4.79 Å². The van der Waals surface area contributed by atoms with Crippen molar-refractivity contribution in [2.24, 2.45) is 0 Å². The Bertz CT molecular complexity index is 351. The summed E-state index contributed by atoms with van der Waals surface area (Å²) in [4.78, 5) is 11.7. The van der Waals surface area contributed by atoms with E-state index in [0.717, 1.165) is 12.8 Å². The minimum absolute atomic E-state index is 0.115. The van der Waals surface area contributed by atoms with Gasteiger partial charge in [-0.1, -0.05) is 77.6 Å². The maximum absolute atomic E-state index is 11.7. The molecule has 31 heavy (non-hydrogen) atoms. The number of carbonyl (C=O) groups excluding carboxylic acids is 1. The quantitative estimate of drug-likeness (QED) is 0.125. The molecule has 0 aromatic rings. The van der Waals surface area contributed by atoms with E-state index < -0.39 is 0 Å². The van der Waals surface area contributed by atoms with Crippen molar-refractivity contribution in [3.8, 4) is 0 Å². The van der Waals surface area contributed by atoms with Crippen molar-refractivity contribution >= 4 is 5.97 Å². The van der Waals surface area contributed by atoms with Crippen LogP contribution in [0, 0.1) is 0 Å². The van der Waals surface area contributed by atoms with E-state index in [1.807, 2.05) is 0 Å². The predicted molar refractivity (Wildman–Crippen MR) is 126 cm³/mol. The van der Waals surface area contributed by atoms with Gasteiger partial charge in [-0.15, -0.1) is 0 Å². The topological polar surface area (TPSA) is 63.2 Å². The zero-order valence-corrected chi connectivity index (χ0v) is 20.5. The molecule has 0 rings (SSSR count). The van der Waals surface area contributed by atoms with Gasteiger partial charge in [-0.2, -0.15) is 0 Å². The highest BCUT2D eigenvalue weighted by atomic mass is 16.6. The minimum Gasteiger partial charge on any atom is -0.466 e. The summed E-state index contributed by atoms with van der Waals surface area (Å²) in [7, 11) is 1.65. The molecule has 0 saturated heterocycles. The number of methoxy groups -OCH3 is 1. The Morgan fingerprint density at radius 2 is 0.968 bits per heavy atom. The van der Waals surface area contributed by atoms with Gasteiger partial charge in [0, 0.05) is 20.1 Å². The predicted octanol–water partition coefficient (Wildman–Crippen LogP) is 5.71. The Hall–Kier alpha value is -0.690. The lowest BCUT2D eigenvalue weighted by atomic mass is 10.1. The van der Waals surface area contributed by atoms with E-state index in [0.29, 0.717) is 65.7 Å². The lowest BCUT2D eigenvalue weighted by Gasteiger charge is -2.07. The monoisotopic (exact) mass is 446 g/mol. The number of rotatable bonds is 26. The fraction of sp³-hybridized carbons (Fsp3) is 0.960. The second-order valence-corrected chi connectivity index (χ2v) is 8.04. The molecular formula is C25H50O6. The molecule has 0 spiro atoms. The van der Waals surface area contributed by atoms with Gasteiger partial charge < -0.3 is 23.7 Å². The Labute approximate surface area is 191 Å². The first-order valence-electron chi connectivity index (χ1n) is 12.7. The van der Waals surface area contributed by atoms with Crippen LogP contribution >= 0.6 is 0 Å². The molecule has 0 N–H and O–H groups in total. The Morgan fingerprint density at radius 1 is 0.516 bits per heavy atom. The SMILES string of the molecule is CCCCCCCCCCCCCCOC(=O)CCCOCCOCCOCCOC. The summed E-state index contributed by atoms with van der Waals surface area (Å²) >= 11 is 0. The molecule has 0 saturated carbocycles. The first kappa shape index (κ1) is 30.3. The highest BCUT2D eigenvalue weighted by Gasteiger charge is 2.02. The summed E-state index contributed by atoms with van der Waals surface area (Å²) < 4.78 is 26.3. The fourth-order valence-corrected chi connectivity index (χ4v) is 3.20. The lowest BCUT2D eigenvalue weighted by Crippen LogP contribution is -2.12. The third-order valence-corrected chi connectivity index (χ3v) is 5.11. The van der Waals surface area contributed by atoms with Gasteiger partial charge in [0.25, 0.3) is 0 Å². The van der Waals surface area contributed by atoms with Gasteiger partial charge >= 0.3 is 5.97 Å². The van der Waals surface area contributed by atoms with Crippen LogP contribution in [-0.2, 0) is 28.5 Å². The van der Waals surface area contributed by atoms with Crippen LogP contribution in [0.1, 0.15) is 96.8 Å². The molecule has 0 aliphatic heterocycles. The van der Waals surface area contributed by atoms with E-state index in [1.54, 1.807) is 7.11 Å². The minimum atomic E-state index is -0.115. The number of hydrogen-bond donors (Lipinski definition) is 0. The zero-order chi connectivity index (χ0) is 22.7. The van der Waals surface area contributed by atoms with Crippen molar-refractivity contribution in [1.82, 2.24) is 0 Å². The number of hydrogen-bond acceptors (Lipinski definition) is 6. The molecule has 6 heteroatoms. The molecule has 0 aliphatic rings. The summed E-state index contributed by atoms with van der Waals surface area (Å²) in [6.07, 6.45) is 16.9. The summed E-state index contributed by atoms with van der Waals surface area (Å²) in [6, 6.07) is 0. The van der Waals surface area contributed by atoms with Crippen LogP contribution in [0.4, 0.5) is 0 Å². The van der Waals surface area contributed by atoms with Gasteiger partial charge in [-0.05, 0) is 12.8 Å². The Balaban J connectivity index is 3.14. The lowest BCUT2D eigenvalue weighted by molar-refractivity contribution is -0.144. The molecule has 186 valence electrons. The van der Waals surface area contributed by atoms with E-state index in [1.165, 1.54) is 64.2 Å². The smallest absolute Gasteiger partial charge is 0.305 e. The third-order valence-electron chi connectivity index (χ3n) is 5.11. The van der Waals surface area contributed by atoms with Crippen molar-refractivity contribution in [2.75, 3.05) is 60.0 Å². The standard InChI is InChI=1S/C25H50O6/c1-3-4-5-6-7-8-9-10-11-12-13-14-18-31-25(26)16-15-17-28-21-22-30-24-23-29-20-19-27-2/h3-24H2,1-2H3. The van der Waals surface area contributed by atoms with Crippen LogP contribution in [0.3, 0.4) is 0 Å². The molecular weight excluding hydrogens is 396 g/mol. The number of ether oxygens (including phenoxy) is 5. The molecule has 0 radical (unpaired) electrons. The van der Waals surface area contributed by atoms with Crippen molar-refractivity contribution < 1.29 is 28.5 Å². The molecule has 0 heterocycles. The van der Waals surface area contributed by atoms with Crippen LogP contribution in [0.5, 0.6) is 0 Å². The highest BCUT2D eigenvalue weighted by Crippen LogP contribution is 2.12. The average Bonchev–Trinajstić information content (AvgIpc) is 2.77. The molecule has 0 unspecified atom stereocenters. The molecule has 0 aromatic carbocycles. The third kappa shape index (κ3) is 27.3. The van der Waals surface area contributed by atoms with Gasteiger partial charge in [0.05, 0.1) is 46.2 Å². The largest absolute Gasteiger partial charge is 0.466 e. The second kappa shape index (κ2) is 27.3.